The number of rotatable bonds is 4. The number of hydrogen-bond acceptors (Lipinski definition) is 1. The molecule has 1 nitrogen and oxygen atoms in total. The van der Waals surface area contributed by atoms with Crippen LogP contribution in [0.15, 0.2) is 36.4 Å². The van der Waals surface area contributed by atoms with Crippen molar-refractivity contribution in [1.29, 1.82) is 0 Å². The van der Waals surface area contributed by atoms with Gasteiger partial charge in [0.05, 0.1) is 12.5 Å². The van der Waals surface area contributed by atoms with Crippen molar-refractivity contribution < 1.29 is 9.13 Å². The summed E-state index contributed by atoms with van der Waals surface area (Å²) in [5, 5.41) is 0.0665. The van der Waals surface area contributed by atoms with E-state index in [-0.39, 0.29) is 11.2 Å². The third kappa shape index (κ3) is 3.44. The van der Waals surface area contributed by atoms with Gasteiger partial charge in [-0.3, -0.25) is 0 Å². The topological polar surface area (TPSA) is 9.23 Å². The minimum atomic E-state index is -0.313. The minimum absolute atomic E-state index is 0.296. The Bertz CT molecular complexity index is 596. The summed E-state index contributed by atoms with van der Waals surface area (Å²) >= 11 is 12.5. The molecule has 1 atom stereocenters. The van der Waals surface area contributed by atoms with E-state index in [0.29, 0.717) is 17.0 Å². The zero-order valence-corrected chi connectivity index (χ0v) is 12.8. The van der Waals surface area contributed by atoms with E-state index >= 15 is 0 Å². The molecule has 4 heteroatoms. The normalized spacial score (nSPS) is 12.2. The Morgan fingerprint density at radius 1 is 1.20 bits per heavy atom. The number of benzene rings is 2. The zero-order valence-electron chi connectivity index (χ0n) is 11.3. The largest absolute Gasteiger partial charge is 0.497 e. The van der Waals surface area contributed by atoms with Gasteiger partial charge in [-0.2, -0.15) is 0 Å². The van der Waals surface area contributed by atoms with Gasteiger partial charge in [0.25, 0.3) is 0 Å². The van der Waals surface area contributed by atoms with Crippen molar-refractivity contribution in [3.63, 3.8) is 0 Å². The molecule has 0 heterocycles. The summed E-state index contributed by atoms with van der Waals surface area (Å²) in [5.41, 5.74) is 2.37. The summed E-state index contributed by atoms with van der Waals surface area (Å²) in [6, 6.07) is 10.7. The lowest BCUT2D eigenvalue weighted by atomic mass is 10.0. The lowest BCUT2D eigenvalue weighted by molar-refractivity contribution is 0.414. The van der Waals surface area contributed by atoms with Gasteiger partial charge in [0.1, 0.15) is 11.6 Å². The van der Waals surface area contributed by atoms with Crippen LogP contribution in [-0.2, 0) is 6.42 Å². The second-order valence-corrected chi connectivity index (χ2v) is 5.58. The standard InChI is InChI=1S/C16H15Cl2FO/c1-10-7-13(15(18)9-16(10)19)14(17)8-11-3-5-12(20-2)6-4-11/h3-7,9,14H,8H2,1-2H3. The highest BCUT2D eigenvalue weighted by Crippen LogP contribution is 2.32. The number of halogens is 3. The summed E-state index contributed by atoms with van der Waals surface area (Å²) in [7, 11) is 1.63. The molecule has 0 spiro atoms. The molecule has 0 aromatic heterocycles. The van der Waals surface area contributed by atoms with Crippen molar-refractivity contribution in [1.82, 2.24) is 0 Å². The van der Waals surface area contributed by atoms with E-state index in [0.717, 1.165) is 16.9 Å². The SMILES string of the molecule is COc1ccc(CC(Cl)c2cc(C)c(F)cc2Cl)cc1. The number of hydrogen-bond donors (Lipinski definition) is 0. The molecule has 0 amide bonds. The molecule has 0 aliphatic heterocycles. The second kappa shape index (κ2) is 6.47. The van der Waals surface area contributed by atoms with Gasteiger partial charge in [0.2, 0.25) is 0 Å². The Hall–Kier alpha value is -1.25. The molecule has 2 aromatic carbocycles. The molecule has 2 aromatic rings. The fourth-order valence-corrected chi connectivity index (χ4v) is 2.69. The first-order chi connectivity index (χ1) is 9.51. The molecular formula is C16H15Cl2FO. The lowest BCUT2D eigenvalue weighted by Gasteiger charge is -2.13. The van der Waals surface area contributed by atoms with Crippen molar-refractivity contribution in [3.05, 3.63) is 63.9 Å². The van der Waals surface area contributed by atoms with Gasteiger partial charge >= 0.3 is 0 Å². The third-order valence-corrected chi connectivity index (χ3v) is 3.91. The van der Waals surface area contributed by atoms with Crippen LogP contribution in [0.1, 0.15) is 22.1 Å². The van der Waals surface area contributed by atoms with E-state index in [1.807, 2.05) is 24.3 Å². The third-order valence-electron chi connectivity index (χ3n) is 3.19. The lowest BCUT2D eigenvalue weighted by Crippen LogP contribution is -1.99. The van der Waals surface area contributed by atoms with Gasteiger partial charge in [-0.1, -0.05) is 29.8 Å². The highest BCUT2D eigenvalue weighted by Gasteiger charge is 2.15. The van der Waals surface area contributed by atoms with E-state index in [1.54, 1.807) is 20.1 Å². The maximum atomic E-state index is 13.4. The summed E-state index contributed by atoms with van der Waals surface area (Å²) < 4.78 is 18.5. The molecule has 2 rings (SSSR count). The van der Waals surface area contributed by atoms with E-state index in [4.69, 9.17) is 27.9 Å². The van der Waals surface area contributed by atoms with Crippen LogP contribution >= 0.6 is 23.2 Å². The van der Waals surface area contributed by atoms with Gasteiger partial charge in [-0.15, -0.1) is 11.6 Å². The fraction of sp³-hybridized carbons (Fsp3) is 0.250. The van der Waals surface area contributed by atoms with Crippen LogP contribution in [0, 0.1) is 12.7 Å². The van der Waals surface area contributed by atoms with Gasteiger partial charge < -0.3 is 4.74 Å². The minimum Gasteiger partial charge on any atom is -0.497 e. The van der Waals surface area contributed by atoms with Crippen LogP contribution < -0.4 is 4.74 Å². The van der Waals surface area contributed by atoms with Crippen LogP contribution in [0.2, 0.25) is 5.02 Å². The first kappa shape index (κ1) is 15.1. The van der Waals surface area contributed by atoms with Gasteiger partial charge in [-0.25, -0.2) is 4.39 Å². The van der Waals surface area contributed by atoms with Crippen molar-refractivity contribution in [3.8, 4) is 5.75 Å². The van der Waals surface area contributed by atoms with E-state index in [2.05, 4.69) is 0 Å². The number of methoxy groups -OCH3 is 1. The highest BCUT2D eigenvalue weighted by molar-refractivity contribution is 6.32. The maximum absolute atomic E-state index is 13.4. The van der Waals surface area contributed by atoms with Crippen LogP contribution in [0.4, 0.5) is 4.39 Å². The predicted octanol–water partition coefficient (Wildman–Crippen LogP) is 5.32. The Kier molecular flexibility index (Phi) is 4.90. The number of alkyl halides is 1. The quantitative estimate of drug-likeness (QED) is 0.694. The molecule has 0 N–H and O–H groups in total. The Morgan fingerprint density at radius 3 is 2.45 bits per heavy atom. The van der Waals surface area contributed by atoms with Gasteiger partial charge in [0.15, 0.2) is 0 Å². The number of aryl methyl sites for hydroxylation is 1. The summed E-state index contributed by atoms with van der Waals surface area (Å²) in [4.78, 5) is 0. The van der Waals surface area contributed by atoms with Crippen LogP contribution in [0.3, 0.4) is 0 Å². The number of ether oxygens (including phenoxy) is 1. The average Bonchev–Trinajstić information content (AvgIpc) is 2.43. The van der Waals surface area contributed by atoms with Crippen molar-refractivity contribution in [2.75, 3.05) is 7.11 Å². The molecule has 0 fully saturated rings. The monoisotopic (exact) mass is 312 g/mol. The highest BCUT2D eigenvalue weighted by atomic mass is 35.5. The maximum Gasteiger partial charge on any atom is 0.127 e. The van der Waals surface area contributed by atoms with Gasteiger partial charge in [0, 0.05) is 5.02 Å². The fourth-order valence-electron chi connectivity index (χ4n) is 2.00. The summed E-state index contributed by atoms with van der Waals surface area (Å²) in [6.07, 6.45) is 0.621. The Morgan fingerprint density at radius 2 is 1.85 bits per heavy atom. The van der Waals surface area contributed by atoms with Crippen LogP contribution in [0.5, 0.6) is 5.75 Å². The predicted molar refractivity (Wildman–Crippen MR) is 81.4 cm³/mol. The van der Waals surface area contributed by atoms with E-state index in [9.17, 15) is 4.39 Å². The van der Waals surface area contributed by atoms with Crippen molar-refractivity contribution >= 4 is 23.2 Å². The first-order valence-electron chi connectivity index (χ1n) is 6.24. The zero-order chi connectivity index (χ0) is 14.7. The van der Waals surface area contributed by atoms with Gasteiger partial charge in [-0.05, 0) is 48.2 Å². The average molecular weight is 313 g/mol. The summed E-state index contributed by atoms with van der Waals surface area (Å²) in [6.45, 7) is 1.70. The molecular weight excluding hydrogens is 298 g/mol. The molecule has 106 valence electrons. The first-order valence-corrected chi connectivity index (χ1v) is 7.05. The smallest absolute Gasteiger partial charge is 0.127 e. The van der Waals surface area contributed by atoms with E-state index in [1.165, 1.54) is 6.07 Å². The van der Waals surface area contributed by atoms with Crippen LogP contribution in [-0.4, -0.2) is 7.11 Å². The molecule has 0 aliphatic carbocycles. The molecule has 0 radical (unpaired) electrons. The Labute approximate surface area is 128 Å². The second-order valence-electron chi connectivity index (χ2n) is 4.64. The molecule has 0 saturated carbocycles. The molecule has 20 heavy (non-hydrogen) atoms. The molecule has 0 saturated heterocycles. The van der Waals surface area contributed by atoms with Crippen molar-refractivity contribution in [2.24, 2.45) is 0 Å². The molecule has 1 unspecified atom stereocenters. The Balaban J connectivity index is 2.18. The molecule has 0 aliphatic rings. The van der Waals surface area contributed by atoms with Crippen molar-refractivity contribution in [2.45, 2.75) is 18.7 Å². The molecule has 0 bridgehead atoms. The van der Waals surface area contributed by atoms with Crippen LogP contribution in [0.25, 0.3) is 0 Å². The van der Waals surface area contributed by atoms with E-state index < -0.39 is 0 Å². The summed E-state index contributed by atoms with van der Waals surface area (Å²) in [5.74, 6) is 0.489.